The number of hydrogen-bond acceptors (Lipinski definition) is 7. The molecule has 1 N–H and O–H groups in total. The molecule has 0 spiro atoms. The molecule has 3 aliphatic rings. The highest BCUT2D eigenvalue weighted by molar-refractivity contribution is 7.92. The normalized spacial score (nSPS) is 24.3. The predicted octanol–water partition coefficient (Wildman–Crippen LogP) is 5.07. The maximum Gasteiger partial charge on any atom is 0.264 e. The van der Waals surface area contributed by atoms with Crippen molar-refractivity contribution in [2.45, 2.75) is 70.9 Å². The summed E-state index contributed by atoms with van der Waals surface area (Å²) >= 11 is 0. The molecule has 4 atom stereocenters. The molecule has 2 fully saturated rings. The molecule has 4 bridgehead atoms. The van der Waals surface area contributed by atoms with Crippen LogP contribution in [0.25, 0.3) is 11.3 Å². The first kappa shape index (κ1) is 31.0. The van der Waals surface area contributed by atoms with Crippen LogP contribution in [0.3, 0.4) is 0 Å². The number of nitrogens with zero attached hydrogens (tertiary/aromatic N) is 4. The Bertz CT molecular complexity index is 1710. The van der Waals surface area contributed by atoms with Crippen molar-refractivity contribution in [3.05, 3.63) is 65.2 Å². The lowest BCUT2D eigenvalue weighted by molar-refractivity contribution is -0.128. The van der Waals surface area contributed by atoms with Gasteiger partial charge in [0.15, 0.2) is 0 Å². The van der Waals surface area contributed by atoms with Crippen LogP contribution >= 0.6 is 0 Å². The van der Waals surface area contributed by atoms with E-state index in [0.717, 1.165) is 29.5 Å². The first-order valence-corrected chi connectivity index (χ1v) is 17.2. The molecule has 45 heavy (non-hydrogen) atoms. The van der Waals surface area contributed by atoms with Crippen LogP contribution in [0.15, 0.2) is 53.4 Å². The van der Waals surface area contributed by atoms with Crippen LogP contribution in [-0.2, 0) is 14.8 Å². The summed E-state index contributed by atoms with van der Waals surface area (Å²) in [5, 5.41) is 0. The summed E-state index contributed by atoms with van der Waals surface area (Å²) in [6, 6.07) is 13.5. The van der Waals surface area contributed by atoms with Crippen LogP contribution in [0.5, 0.6) is 5.88 Å². The van der Waals surface area contributed by atoms with Crippen LogP contribution in [0.4, 0.5) is 5.95 Å². The van der Waals surface area contributed by atoms with Crippen LogP contribution in [0.1, 0.15) is 61.5 Å². The maximum absolute atomic E-state index is 14.5. The van der Waals surface area contributed by atoms with Crippen molar-refractivity contribution in [1.82, 2.24) is 19.8 Å². The van der Waals surface area contributed by atoms with E-state index in [1.165, 1.54) is 12.1 Å². The molecule has 3 aromatic rings. The van der Waals surface area contributed by atoms with Gasteiger partial charge in [-0.1, -0.05) is 38.1 Å². The largest absolute Gasteiger partial charge is 0.475 e. The monoisotopic (exact) mass is 631 g/mol. The molecule has 0 unspecified atom stereocenters. The zero-order chi connectivity index (χ0) is 32.0. The van der Waals surface area contributed by atoms with Crippen molar-refractivity contribution in [1.29, 1.82) is 0 Å². The highest BCUT2D eigenvalue weighted by Gasteiger charge is 2.46. The topological polar surface area (TPSA) is 122 Å². The van der Waals surface area contributed by atoms with Gasteiger partial charge in [-0.3, -0.25) is 9.59 Å². The zero-order valence-electron chi connectivity index (χ0n) is 26.5. The molecule has 2 aliphatic heterocycles. The number of hydrogen-bond donors (Lipinski definition) is 1. The first-order chi connectivity index (χ1) is 21.4. The van der Waals surface area contributed by atoms with E-state index in [9.17, 15) is 18.0 Å². The van der Waals surface area contributed by atoms with Crippen LogP contribution < -0.4 is 9.46 Å². The summed E-state index contributed by atoms with van der Waals surface area (Å²) in [5.41, 5.74) is 3.71. The minimum Gasteiger partial charge on any atom is -0.475 e. The Morgan fingerprint density at radius 1 is 1.02 bits per heavy atom. The third kappa shape index (κ3) is 6.27. The number of benzene rings is 2. The van der Waals surface area contributed by atoms with E-state index in [2.05, 4.69) is 28.5 Å². The standard InChI is InChI=1S/C34H41N5O5S/c1-20(2)12-28-19-44-31-16-30(32-21(3)8-6-9-22(32)4)35-34(36-31)37-45(42,43)29-11-7-10-24(15-29)33(41)39(28)27-13-25-17-38(23(5)40)18-26(25)14-27/h6-11,15-16,20,25-28H,12-14,17-19H2,1-5H3,(H,35,36,37)/t25-,26+,27+,28-/m1/s1. The summed E-state index contributed by atoms with van der Waals surface area (Å²) in [7, 11) is -4.14. The lowest BCUT2D eigenvalue weighted by Crippen LogP contribution is -2.50. The molecule has 10 nitrogen and oxygen atoms in total. The fourth-order valence-corrected chi connectivity index (χ4v) is 8.37. The number of aromatic nitrogens is 2. The van der Waals surface area contributed by atoms with E-state index in [4.69, 9.17) is 4.74 Å². The van der Waals surface area contributed by atoms with E-state index < -0.39 is 10.0 Å². The Morgan fingerprint density at radius 2 is 1.69 bits per heavy atom. The molecule has 11 heteroatoms. The predicted molar refractivity (Wildman–Crippen MR) is 171 cm³/mol. The number of sulfonamides is 1. The molecule has 3 heterocycles. The van der Waals surface area contributed by atoms with Gasteiger partial charge in [0.05, 0.1) is 16.6 Å². The number of rotatable bonds is 4. The molecule has 1 aliphatic carbocycles. The SMILES string of the molecule is CC(=O)N1C[C@H]2C[C@H](N3C(=O)c4cccc(c4)S(=O)(=O)Nc4nc(cc(-c5c(C)cccc5C)n4)OC[C@H]3CC(C)C)C[C@H]2C1. The van der Waals surface area contributed by atoms with Crippen LogP contribution in [0, 0.1) is 31.6 Å². The summed E-state index contributed by atoms with van der Waals surface area (Å²) in [4.78, 5) is 39.4. The number of amides is 2. The fraction of sp³-hybridized carbons (Fsp3) is 0.471. The highest BCUT2D eigenvalue weighted by Crippen LogP contribution is 2.42. The Kier molecular flexibility index (Phi) is 8.32. The van der Waals surface area contributed by atoms with Crippen LogP contribution in [-0.4, -0.2) is 71.8 Å². The minimum absolute atomic E-state index is 0.0445. The molecule has 1 saturated carbocycles. The van der Waals surface area contributed by atoms with Gasteiger partial charge in [-0.25, -0.2) is 18.1 Å². The third-order valence-corrected chi connectivity index (χ3v) is 10.7. The summed E-state index contributed by atoms with van der Waals surface area (Å²) in [6.07, 6.45) is 2.25. The Labute approximate surface area is 265 Å². The smallest absolute Gasteiger partial charge is 0.264 e. The van der Waals surface area contributed by atoms with E-state index in [1.807, 2.05) is 41.8 Å². The van der Waals surface area contributed by atoms with E-state index in [-0.39, 0.29) is 53.1 Å². The van der Waals surface area contributed by atoms with Gasteiger partial charge in [0.2, 0.25) is 17.7 Å². The second kappa shape index (κ2) is 12.1. The van der Waals surface area contributed by atoms with Crippen molar-refractivity contribution in [3.63, 3.8) is 0 Å². The lowest BCUT2D eigenvalue weighted by Gasteiger charge is -2.38. The van der Waals surface area contributed by atoms with Crippen LogP contribution in [0.2, 0.25) is 0 Å². The van der Waals surface area contributed by atoms with Gasteiger partial charge in [0, 0.05) is 43.2 Å². The number of anilines is 1. The van der Waals surface area contributed by atoms with Crippen molar-refractivity contribution in [2.75, 3.05) is 24.4 Å². The summed E-state index contributed by atoms with van der Waals surface area (Å²) in [6.45, 7) is 11.4. The lowest BCUT2D eigenvalue weighted by atomic mass is 9.98. The van der Waals surface area contributed by atoms with Gasteiger partial charge in [-0.2, -0.15) is 4.98 Å². The Hall–Kier alpha value is -3.99. The number of carbonyl (C=O) groups is 2. The molecule has 2 amide bonds. The molecular weight excluding hydrogens is 590 g/mol. The van der Waals surface area contributed by atoms with Gasteiger partial charge in [0.25, 0.3) is 15.9 Å². The maximum atomic E-state index is 14.5. The summed E-state index contributed by atoms with van der Waals surface area (Å²) in [5.74, 6) is 0.891. The van der Waals surface area contributed by atoms with Crippen molar-refractivity contribution in [3.8, 4) is 17.1 Å². The second-order valence-corrected chi connectivity index (χ2v) is 14.9. The van der Waals surface area contributed by atoms with Gasteiger partial charge < -0.3 is 14.5 Å². The minimum atomic E-state index is -4.14. The molecule has 6 rings (SSSR count). The van der Waals surface area contributed by atoms with E-state index >= 15 is 0 Å². The third-order valence-electron chi connectivity index (χ3n) is 9.42. The van der Waals surface area contributed by atoms with Gasteiger partial charge in [0.1, 0.15) is 6.61 Å². The average molecular weight is 632 g/mol. The Morgan fingerprint density at radius 3 is 2.33 bits per heavy atom. The molecule has 2 aromatic carbocycles. The number of carbonyl (C=O) groups excluding carboxylic acids is 2. The molecule has 0 radical (unpaired) electrons. The quantitative estimate of drug-likeness (QED) is 0.427. The van der Waals surface area contributed by atoms with E-state index in [0.29, 0.717) is 42.6 Å². The number of nitrogens with one attached hydrogen (secondary N) is 1. The van der Waals surface area contributed by atoms with Gasteiger partial charge in [-0.15, -0.1) is 0 Å². The molecule has 238 valence electrons. The van der Waals surface area contributed by atoms with Crippen molar-refractivity contribution < 1.29 is 22.7 Å². The Balaban J connectivity index is 1.44. The number of likely N-dealkylation sites (tertiary alicyclic amines) is 1. The van der Waals surface area contributed by atoms with Gasteiger partial charge in [-0.05, 0) is 80.2 Å². The number of aryl methyl sites for hydroxylation is 2. The summed E-state index contributed by atoms with van der Waals surface area (Å²) < 4.78 is 36.2. The average Bonchev–Trinajstić information content (AvgIpc) is 3.55. The first-order valence-electron chi connectivity index (χ1n) is 15.7. The fourth-order valence-electron chi connectivity index (χ4n) is 7.39. The molecule has 1 saturated heterocycles. The van der Waals surface area contributed by atoms with E-state index in [1.54, 1.807) is 25.1 Å². The number of ether oxygens (including phenoxy) is 1. The highest BCUT2D eigenvalue weighted by atomic mass is 32.2. The van der Waals surface area contributed by atoms with Crippen molar-refractivity contribution in [2.24, 2.45) is 17.8 Å². The zero-order valence-corrected chi connectivity index (χ0v) is 27.3. The van der Waals surface area contributed by atoms with Crippen molar-refractivity contribution >= 4 is 27.8 Å². The molecular formula is C34H41N5O5S. The second-order valence-electron chi connectivity index (χ2n) is 13.2. The molecule has 1 aromatic heterocycles. The number of fused-ring (bicyclic) bond motifs is 5. The van der Waals surface area contributed by atoms with Gasteiger partial charge >= 0.3 is 0 Å².